The number of hydrogen-bond acceptors (Lipinski definition) is 7. The van der Waals surface area contributed by atoms with E-state index in [0.29, 0.717) is 31.0 Å². The zero-order chi connectivity index (χ0) is 27.9. The first-order valence-corrected chi connectivity index (χ1v) is 14.6. The fourth-order valence-corrected chi connectivity index (χ4v) is 8.92. The summed E-state index contributed by atoms with van der Waals surface area (Å²) in [6, 6.07) is 5.84. The number of fused-ring (bicyclic) bond motifs is 2. The molecule has 1 aromatic carbocycles. The predicted molar refractivity (Wildman–Crippen MR) is 150 cm³/mol. The Morgan fingerprint density at radius 2 is 1.85 bits per heavy atom. The van der Waals surface area contributed by atoms with Crippen LogP contribution in [0.4, 0.5) is 5.69 Å². The van der Waals surface area contributed by atoms with E-state index in [1.165, 1.54) is 11.8 Å². The number of carbonyl (C=O) groups excluding carboxylic acids is 3. The highest BCUT2D eigenvalue weighted by Gasteiger charge is 2.74. The molecule has 39 heavy (non-hydrogen) atoms. The lowest BCUT2D eigenvalue weighted by molar-refractivity contribution is -0.154. The van der Waals surface area contributed by atoms with E-state index in [2.05, 4.69) is 6.08 Å². The molecule has 0 radical (unpaired) electrons. The average molecular weight is 555 g/mol. The van der Waals surface area contributed by atoms with E-state index in [1.807, 2.05) is 51.1 Å². The number of esters is 1. The first-order valence-electron chi connectivity index (χ1n) is 13.8. The second-order valence-corrected chi connectivity index (χ2v) is 13.3. The van der Waals surface area contributed by atoms with E-state index in [0.717, 1.165) is 12.8 Å². The maximum atomic E-state index is 14.6. The highest BCUT2D eigenvalue weighted by atomic mass is 32.2. The molecular weight excluding hydrogens is 516 g/mol. The van der Waals surface area contributed by atoms with Crippen LogP contribution in [0, 0.1) is 17.8 Å². The molecule has 0 saturated carbocycles. The van der Waals surface area contributed by atoms with Gasteiger partial charge in [0.15, 0.2) is 0 Å². The van der Waals surface area contributed by atoms with E-state index in [1.54, 1.807) is 29.0 Å². The summed E-state index contributed by atoms with van der Waals surface area (Å²) in [5.41, 5.74) is 0.693. The fourth-order valence-electron chi connectivity index (χ4n) is 6.78. The highest BCUT2D eigenvalue weighted by molar-refractivity contribution is 8.02. The fraction of sp³-hybridized carbons (Fsp3) is 0.567. The van der Waals surface area contributed by atoms with Gasteiger partial charge in [0.2, 0.25) is 5.91 Å². The molecule has 5 rings (SSSR count). The molecule has 0 aliphatic carbocycles. The number of aliphatic hydroxyl groups is 1. The largest absolute Gasteiger partial charge is 0.497 e. The van der Waals surface area contributed by atoms with E-state index in [-0.39, 0.29) is 24.3 Å². The Morgan fingerprint density at radius 3 is 2.51 bits per heavy atom. The smallest absolute Gasteiger partial charge is 0.311 e. The Morgan fingerprint density at radius 1 is 1.10 bits per heavy atom. The monoisotopic (exact) mass is 554 g/mol. The number of nitrogens with zero attached hydrogens (tertiary/aromatic N) is 2. The molecule has 4 heterocycles. The quantitative estimate of drug-likeness (QED) is 0.424. The number of carbonyl (C=O) groups is 3. The predicted octanol–water partition coefficient (Wildman–Crippen LogP) is 3.59. The molecule has 2 amide bonds. The Kier molecular flexibility index (Phi) is 7.59. The van der Waals surface area contributed by atoms with E-state index in [4.69, 9.17) is 9.47 Å². The average Bonchev–Trinajstić information content (AvgIpc) is 3.26. The second kappa shape index (κ2) is 10.7. The van der Waals surface area contributed by atoms with E-state index in [9.17, 15) is 19.5 Å². The minimum absolute atomic E-state index is 0.191. The van der Waals surface area contributed by atoms with Crippen molar-refractivity contribution in [3.05, 3.63) is 48.6 Å². The molecule has 6 atom stereocenters. The number of amides is 2. The van der Waals surface area contributed by atoms with Gasteiger partial charge in [-0.2, -0.15) is 0 Å². The zero-order valence-corrected chi connectivity index (χ0v) is 23.9. The van der Waals surface area contributed by atoms with Crippen molar-refractivity contribution in [1.29, 1.82) is 0 Å². The van der Waals surface area contributed by atoms with Crippen molar-refractivity contribution in [3.63, 3.8) is 0 Å². The van der Waals surface area contributed by atoms with Gasteiger partial charge in [-0.25, -0.2) is 0 Å². The summed E-state index contributed by atoms with van der Waals surface area (Å²) in [5, 5.41) is 10.5. The highest BCUT2D eigenvalue weighted by Crippen LogP contribution is 2.65. The van der Waals surface area contributed by atoms with Crippen LogP contribution in [0.15, 0.2) is 48.6 Å². The van der Waals surface area contributed by atoms with Gasteiger partial charge in [-0.3, -0.25) is 14.4 Å². The van der Waals surface area contributed by atoms with Gasteiger partial charge in [-0.05, 0) is 56.4 Å². The van der Waals surface area contributed by atoms with Crippen molar-refractivity contribution in [1.82, 2.24) is 4.90 Å². The number of methoxy groups -OCH3 is 1. The summed E-state index contributed by atoms with van der Waals surface area (Å²) in [4.78, 5) is 46.0. The lowest BCUT2D eigenvalue weighted by atomic mass is 9.74. The Balaban J connectivity index is 1.66. The van der Waals surface area contributed by atoms with Crippen molar-refractivity contribution in [2.45, 2.75) is 61.6 Å². The molecule has 1 aromatic rings. The molecule has 4 aliphatic rings. The number of aliphatic hydroxyl groups excluding tert-OH is 1. The van der Waals surface area contributed by atoms with Gasteiger partial charge in [0.25, 0.3) is 5.91 Å². The third-order valence-corrected chi connectivity index (χ3v) is 10.2. The molecule has 2 saturated heterocycles. The van der Waals surface area contributed by atoms with Gasteiger partial charge in [0.1, 0.15) is 11.8 Å². The summed E-state index contributed by atoms with van der Waals surface area (Å²) in [6.07, 6.45) is 10.1. The molecule has 2 fully saturated rings. The van der Waals surface area contributed by atoms with Crippen molar-refractivity contribution in [3.8, 4) is 5.75 Å². The Hall–Kier alpha value is -2.78. The van der Waals surface area contributed by atoms with Gasteiger partial charge in [-0.15, -0.1) is 11.8 Å². The number of cyclic esters (lactones) is 1. The van der Waals surface area contributed by atoms with E-state index < -0.39 is 39.4 Å². The van der Waals surface area contributed by atoms with Gasteiger partial charge in [0, 0.05) is 17.0 Å². The lowest BCUT2D eigenvalue weighted by Crippen LogP contribution is -2.57. The zero-order valence-electron chi connectivity index (χ0n) is 23.0. The SMILES string of the molecule is COc1ccc(N2CC=C[C@]34S[C@@]5(C)/C=C\CCCOC(=O)[C@H]5[C@H]3C(=O)N([C@@H](CO)CC(C)C)C4C2=O)cc1. The van der Waals surface area contributed by atoms with Gasteiger partial charge in [-0.1, -0.05) is 38.2 Å². The maximum absolute atomic E-state index is 14.6. The van der Waals surface area contributed by atoms with E-state index >= 15 is 0 Å². The summed E-state index contributed by atoms with van der Waals surface area (Å²) in [5.74, 6) is -1.54. The van der Waals surface area contributed by atoms with Crippen molar-refractivity contribution in [2.24, 2.45) is 17.8 Å². The number of allylic oxidation sites excluding steroid dienone is 1. The van der Waals surface area contributed by atoms with Crippen LogP contribution in [0.3, 0.4) is 0 Å². The normalized spacial score (nSPS) is 33.9. The number of thioether (sulfide) groups is 1. The van der Waals surface area contributed by atoms with Crippen molar-refractivity contribution >= 4 is 35.2 Å². The molecule has 0 aromatic heterocycles. The Labute approximate surface area is 234 Å². The summed E-state index contributed by atoms with van der Waals surface area (Å²) >= 11 is 1.52. The third kappa shape index (κ3) is 4.57. The molecule has 9 heteroatoms. The second-order valence-electron chi connectivity index (χ2n) is 11.5. The number of benzene rings is 1. The van der Waals surface area contributed by atoms with Crippen LogP contribution in [0.5, 0.6) is 5.75 Å². The molecule has 0 bridgehead atoms. The molecule has 1 spiro atoms. The molecular formula is C30H38N2O6S. The van der Waals surface area contributed by atoms with Crippen LogP contribution < -0.4 is 9.64 Å². The molecule has 210 valence electrons. The molecule has 8 nitrogen and oxygen atoms in total. The van der Waals surface area contributed by atoms with Crippen LogP contribution in [0.25, 0.3) is 0 Å². The lowest BCUT2D eigenvalue weighted by Gasteiger charge is -2.40. The number of hydrogen-bond donors (Lipinski definition) is 1. The van der Waals surface area contributed by atoms with Crippen LogP contribution in [0.2, 0.25) is 0 Å². The molecule has 1 unspecified atom stereocenters. The minimum Gasteiger partial charge on any atom is -0.497 e. The summed E-state index contributed by atoms with van der Waals surface area (Å²) in [6.45, 7) is 6.41. The van der Waals surface area contributed by atoms with Gasteiger partial charge >= 0.3 is 5.97 Å². The first kappa shape index (κ1) is 27.8. The standard InChI is InChI=1S/C30H38N2O6S/c1-19(2)17-21(18-33)32-25-27(35)31(20-9-11-22(37-4)12-10-20)15-8-14-30(25)23(26(32)34)24-28(36)38-16-7-5-6-13-29(24,3)39-30/h6,8-14,19,21,23-25,33H,5,7,15-18H2,1-4H3/b13-6-/t21-,23+,24-,25?,29+,30+/m1/s1. The van der Waals surface area contributed by atoms with Crippen molar-refractivity contribution < 1.29 is 29.0 Å². The van der Waals surface area contributed by atoms with Crippen LogP contribution in [-0.4, -0.2) is 76.2 Å². The van der Waals surface area contributed by atoms with Gasteiger partial charge in [0.05, 0.1) is 42.9 Å². The first-order chi connectivity index (χ1) is 18.7. The molecule has 1 N–H and O–H groups in total. The number of likely N-dealkylation sites (tertiary alicyclic amines) is 1. The number of rotatable bonds is 6. The topological polar surface area (TPSA) is 96.4 Å². The third-order valence-electron chi connectivity index (χ3n) is 8.42. The van der Waals surface area contributed by atoms with Crippen LogP contribution in [0.1, 0.15) is 40.0 Å². The summed E-state index contributed by atoms with van der Waals surface area (Å²) < 4.78 is 9.28. The molecule has 4 aliphatic heterocycles. The van der Waals surface area contributed by atoms with Crippen LogP contribution in [-0.2, 0) is 19.1 Å². The Bertz CT molecular complexity index is 1180. The van der Waals surface area contributed by atoms with Gasteiger partial charge < -0.3 is 24.4 Å². The maximum Gasteiger partial charge on any atom is 0.311 e. The summed E-state index contributed by atoms with van der Waals surface area (Å²) in [7, 11) is 1.59. The van der Waals surface area contributed by atoms with Crippen molar-refractivity contribution in [2.75, 3.05) is 31.8 Å². The minimum atomic E-state index is -0.984. The number of ether oxygens (including phenoxy) is 2. The van der Waals surface area contributed by atoms with Crippen LogP contribution >= 0.6 is 11.8 Å². The number of anilines is 1.